The third-order valence-corrected chi connectivity index (χ3v) is 6.59. The molecule has 174 valence electrons. The van der Waals surface area contributed by atoms with Crippen molar-refractivity contribution in [2.24, 2.45) is 0 Å². The number of thioether (sulfide) groups is 1. The van der Waals surface area contributed by atoms with Crippen molar-refractivity contribution >= 4 is 23.4 Å². The van der Waals surface area contributed by atoms with E-state index in [9.17, 15) is 4.79 Å². The lowest BCUT2D eigenvalue weighted by atomic mass is 10.2. The standard InChI is InChI=1S/C24H29N5O3S/c1-17(23(30)25-18-13-20(31-2)15-21(14-18)32-3)33-24-27-26-22(16-28-11-7-8-12-28)29(24)19-9-5-4-6-10-19/h4-6,9-10,13-15,17H,7-8,11-12,16H2,1-3H3,(H,25,30)/t17-/m0/s1. The Morgan fingerprint density at radius 1 is 1.06 bits per heavy atom. The summed E-state index contributed by atoms with van der Waals surface area (Å²) in [6.45, 7) is 4.76. The molecule has 1 fully saturated rings. The van der Waals surface area contributed by atoms with E-state index in [0.29, 0.717) is 22.3 Å². The van der Waals surface area contributed by atoms with E-state index >= 15 is 0 Å². The molecule has 8 nitrogen and oxygen atoms in total. The molecule has 1 atom stereocenters. The number of hydrogen-bond donors (Lipinski definition) is 1. The molecule has 2 aromatic carbocycles. The molecule has 9 heteroatoms. The highest BCUT2D eigenvalue weighted by molar-refractivity contribution is 8.00. The predicted molar refractivity (Wildman–Crippen MR) is 129 cm³/mol. The minimum absolute atomic E-state index is 0.140. The molecule has 0 spiro atoms. The molecule has 0 radical (unpaired) electrons. The smallest absolute Gasteiger partial charge is 0.237 e. The van der Waals surface area contributed by atoms with Gasteiger partial charge in [0.2, 0.25) is 5.91 Å². The van der Waals surface area contributed by atoms with Gasteiger partial charge in [0.05, 0.1) is 26.0 Å². The van der Waals surface area contributed by atoms with Crippen LogP contribution in [0.15, 0.2) is 53.7 Å². The second kappa shape index (κ2) is 10.7. The number of para-hydroxylation sites is 1. The topological polar surface area (TPSA) is 81.5 Å². The van der Waals surface area contributed by atoms with E-state index in [2.05, 4.69) is 25.0 Å². The Kier molecular flexibility index (Phi) is 7.51. The lowest BCUT2D eigenvalue weighted by Crippen LogP contribution is -2.23. The minimum atomic E-state index is -0.395. The minimum Gasteiger partial charge on any atom is -0.497 e. The van der Waals surface area contributed by atoms with Crippen molar-refractivity contribution in [3.05, 3.63) is 54.4 Å². The van der Waals surface area contributed by atoms with E-state index in [4.69, 9.17) is 9.47 Å². The van der Waals surface area contributed by atoms with E-state index < -0.39 is 5.25 Å². The van der Waals surface area contributed by atoms with Crippen LogP contribution in [0.25, 0.3) is 5.69 Å². The summed E-state index contributed by atoms with van der Waals surface area (Å²) in [5.41, 5.74) is 1.60. The number of nitrogens with one attached hydrogen (secondary N) is 1. The van der Waals surface area contributed by atoms with Gasteiger partial charge in [-0.25, -0.2) is 0 Å². The number of amides is 1. The van der Waals surface area contributed by atoms with Gasteiger partial charge in [0.1, 0.15) is 11.5 Å². The zero-order valence-corrected chi connectivity index (χ0v) is 20.0. The Morgan fingerprint density at radius 2 is 1.73 bits per heavy atom. The van der Waals surface area contributed by atoms with Crippen LogP contribution in [0.1, 0.15) is 25.6 Å². The number of carbonyl (C=O) groups is 1. The van der Waals surface area contributed by atoms with E-state index in [0.717, 1.165) is 31.1 Å². The van der Waals surface area contributed by atoms with Gasteiger partial charge in [0.15, 0.2) is 11.0 Å². The van der Waals surface area contributed by atoms with Crippen molar-refractivity contribution in [2.45, 2.75) is 36.7 Å². The Hall–Kier alpha value is -3.04. The molecular weight excluding hydrogens is 438 g/mol. The highest BCUT2D eigenvalue weighted by Gasteiger charge is 2.23. The average Bonchev–Trinajstić information content (AvgIpc) is 3.49. The van der Waals surface area contributed by atoms with Crippen LogP contribution in [0.4, 0.5) is 5.69 Å². The van der Waals surface area contributed by atoms with E-state index in [1.54, 1.807) is 32.4 Å². The lowest BCUT2D eigenvalue weighted by Gasteiger charge is -2.17. The fourth-order valence-electron chi connectivity index (χ4n) is 3.79. The van der Waals surface area contributed by atoms with Gasteiger partial charge >= 0.3 is 0 Å². The maximum atomic E-state index is 13.0. The van der Waals surface area contributed by atoms with Crippen molar-refractivity contribution in [1.29, 1.82) is 0 Å². The van der Waals surface area contributed by atoms with Crippen LogP contribution < -0.4 is 14.8 Å². The van der Waals surface area contributed by atoms with Gasteiger partial charge in [-0.2, -0.15) is 0 Å². The van der Waals surface area contributed by atoms with Gasteiger partial charge in [-0.15, -0.1) is 10.2 Å². The first-order valence-corrected chi connectivity index (χ1v) is 11.9. The summed E-state index contributed by atoms with van der Waals surface area (Å²) in [5, 5.41) is 12.2. The van der Waals surface area contributed by atoms with Crippen LogP contribution in [-0.2, 0) is 11.3 Å². The molecule has 1 saturated heterocycles. The van der Waals surface area contributed by atoms with Crippen molar-refractivity contribution in [3.8, 4) is 17.2 Å². The lowest BCUT2D eigenvalue weighted by molar-refractivity contribution is -0.115. The second-order valence-electron chi connectivity index (χ2n) is 7.90. The number of benzene rings is 2. The summed E-state index contributed by atoms with van der Waals surface area (Å²) in [4.78, 5) is 15.4. The highest BCUT2D eigenvalue weighted by Crippen LogP contribution is 2.29. The largest absolute Gasteiger partial charge is 0.497 e. The molecule has 1 aromatic heterocycles. The van der Waals surface area contributed by atoms with E-state index in [1.165, 1.54) is 24.6 Å². The summed E-state index contributed by atoms with van der Waals surface area (Å²) in [6, 6.07) is 15.3. The molecule has 1 N–H and O–H groups in total. The Bertz CT molecular complexity index is 1060. The first kappa shape index (κ1) is 23.1. The molecule has 0 aliphatic carbocycles. The van der Waals surface area contributed by atoms with Gasteiger partial charge < -0.3 is 14.8 Å². The number of methoxy groups -OCH3 is 2. The number of aromatic nitrogens is 3. The Morgan fingerprint density at radius 3 is 2.36 bits per heavy atom. The van der Waals surface area contributed by atoms with Gasteiger partial charge in [0.25, 0.3) is 0 Å². The maximum Gasteiger partial charge on any atom is 0.237 e. The maximum absolute atomic E-state index is 13.0. The van der Waals surface area contributed by atoms with Crippen LogP contribution in [0, 0.1) is 0 Å². The molecule has 1 aliphatic heterocycles. The molecule has 1 amide bonds. The van der Waals surface area contributed by atoms with Gasteiger partial charge in [-0.3, -0.25) is 14.3 Å². The number of anilines is 1. The van der Waals surface area contributed by atoms with Crippen molar-refractivity contribution < 1.29 is 14.3 Å². The molecule has 33 heavy (non-hydrogen) atoms. The number of nitrogens with zero attached hydrogens (tertiary/aromatic N) is 4. The molecule has 0 saturated carbocycles. The number of carbonyl (C=O) groups excluding carboxylic acids is 1. The monoisotopic (exact) mass is 467 g/mol. The van der Waals surface area contributed by atoms with Gasteiger partial charge in [0, 0.05) is 29.6 Å². The molecule has 0 unspecified atom stereocenters. The third-order valence-electron chi connectivity index (χ3n) is 5.55. The normalized spacial score (nSPS) is 14.8. The Balaban J connectivity index is 1.53. The van der Waals surface area contributed by atoms with E-state index in [-0.39, 0.29) is 5.91 Å². The zero-order chi connectivity index (χ0) is 23.2. The van der Waals surface area contributed by atoms with Crippen molar-refractivity contribution in [1.82, 2.24) is 19.7 Å². The first-order chi connectivity index (χ1) is 16.1. The van der Waals surface area contributed by atoms with Crippen LogP contribution in [0.2, 0.25) is 0 Å². The highest BCUT2D eigenvalue weighted by atomic mass is 32.2. The quantitative estimate of drug-likeness (QED) is 0.476. The molecule has 3 aromatic rings. The second-order valence-corrected chi connectivity index (χ2v) is 9.21. The predicted octanol–water partition coefficient (Wildman–Crippen LogP) is 4.00. The number of likely N-dealkylation sites (tertiary alicyclic amines) is 1. The van der Waals surface area contributed by atoms with E-state index in [1.807, 2.05) is 37.3 Å². The summed E-state index contributed by atoms with van der Waals surface area (Å²) in [5.74, 6) is 1.97. The Labute approximate surface area is 198 Å². The van der Waals surface area contributed by atoms with Gasteiger partial charge in [-0.05, 0) is 45.0 Å². The molecule has 4 rings (SSSR count). The zero-order valence-electron chi connectivity index (χ0n) is 19.2. The summed E-state index contributed by atoms with van der Waals surface area (Å²) in [7, 11) is 3.16. The fraction of sp³-hybridized carbons (Fsp3) is 0.375. The van der Waals surface area contributed by atoms with Crippen LogP contribution in [0.3, 0.4) is 0 Å². The summed E-state index contributed by atoms with van der Waals surface area (Å²) < 4.78 is 12.6. The van der Waals surface area contributed by atoms with Gasteiger partial charge in [-0.1, -0.05) is 30.0 Å². The molecule has 2 heterocycles. The van der Waals surface area contributed by atoms with Crippen molar-refractivity contribution in [2.75, 3.05) is 32.6 Å². The first-order valence-electron chi connectivity index (χ1n) is 11.0. The molecule has 0 bridgehead atoms. The fourth-order valence-corrected chi connectivity index (χ4v) is 4.68. The summed E-state index contributed by atoms with van der Waals surface area (Å²) >= 11 is 1.39. The SMILES string of the molecule is COc1cc(NC(=O)[C@H](C)Sc2nnc(CN3CCCC3)n2-c2ccccc2)cc(OC)c1. The summed E-state index contributed by atoms with van der Waals surface area (Å²) in [6.07, 6.45) is 2.43. The number of rotatable bonds is 9. The number of hydrogen-bond acceptors (Lipinski definition) is 7. The molecular formula is C24H29N5O3S. The third kappa shape index (κ3) is 5.66. The van der Waals surface area contributed by atoms with Crippen molar-refractivity contribution in [3.63, 3.8) is 0 Å². The molecule has 1 aliphatic rings. The average molecular weight is 468 g/mol. The van der Waals surface area contributed by atoms with Crippen LogP contribution >= 0.6 is 11.8 Å². The van der Waals surface area contributed by atoms with Crippen LogP contribution in [-0.4, -0.2) is 58.1 Å². The number of ether oxygens (including phenoxy) is 2. The van der Waals surface area contributed by atoms with Crippen LogP contribution in [0.5, 0.6) is 11.5 Å².